The van der Waals surface area contributed by atoms with E-state index in [1.807, 2.05) is 11.3 Å². The van der Waals surface area contributed by atoms with Gasteiger partial charge in [-0.2, -0.15) is 0 Å². The van der Waals surface area contributed by atoms with Gasteiger partial charge in [0.25, 0.3) is 0 Å². The van der Waals surface area contributed by atoms with Gasteiger partial charge >= 0.3 is 0 Å². The second-order valence-electron chi connectivity index (χ2n) is 5.81. The van der Waals surface area contributed by atoms with Gasteiger partial charge in [-0.1, -0.05) is 36.7 Å². The summed E-state index contributed by atoms with van der Waals surface area (Å²) < 4.78 is 1.30. The molecule has 21 heavy (non-hydrogen) atoms. The fourth-order valence-electron chi connectivity index (χ4n) is 3.17. The maximum absolute atomic E-state index is 6.61. The lowest BCUT2D eigenvalue weighted by Gasteiger charge is -2.34. The van der Waals surface area contributed by atoms with E-state index in [1.165, 1.54) is 40.8 Å². The largest absolute Gasteiger partial charge is 0.315 e. The van der Waals surface area contributed by atoms with Crippen LogP contribution in [0.25, 0.3) is 10.1 Å². The number of halogens is 1. The Morgan fingerprint density at radius 3 is 2.95 bits per heavy atom. The van der Waals surface area contributed by atoms with E-state index in [4.69, 9.17) is 11.6 Å². The van der Waals surface area contributed by atoms with E-state index in [0.29, 0.717) is 6.04 Å². The maximum Gasteiger partial charge on any atom is 0.0637 e. The van der Waals surface area contributed by atoms with Gasteiger partial charge in [-0.3, -0.25) is 4.90 Å². The number of nitrogens with zero attached hydrogens (tertiary/aromatic N) is 1. The van der Waals surface area contributed by atoms with Crippen LogP contribution in [0.15, 0.2) is 24.3 Å². The van der Waals surface area contributed by atoms with Gasteiger partial charge in [0, 0.05) is 34.1 Å². The minimum Gasteiger partial charge on any atom is -0.315 e. The number of thiophene rings is 1. The minimum atomic E-state index is 0.653. The molecule has 0 amide bonds. The number of benzene rings is 1. The van der Waals surface area contributed by atoms with Crippen LogP contribution in [-0.4, -0.2) is 30.6 Å². The molecule has 0 aliphatic carbocycles. The predicted octanol–water partition coefficient (Wildman–Crippen LogP) is 4.52. The first-order valence-corrected chi connectivity index (χ1v) is 9.09. The second-order valence-corrected chi connectivity index (χ2v) is 7.32. The van der Waals surface area contributed by atoms with Crippen LogP contribution in [0.2, 0.25) is 5.02 Å². The van der Waals surface area contributed by atoms with Gasteiger partial charge in [0.15, 0.2) is 0 Å². The van der Waals surface area contributed by atoms with E-state index >= 15 is 0 Å². The molecule has 114 valence electrons. The molecule has 1 aromatic carbocycles. The van der Waals surface area contributed by atoms with Crippen LogP contribution in [0.1, 0.15) is 31.1 Å². The predicted molar refractivity (Wildman–Crippen MR) is 93.4 cm³/mol. The lowest BCUT2D eigenvalue weighted by atomic mass is 10.1. The van der Waals surface area contributed by atoms with Crippen molar-refractivity contribution < 1.29 is 0 Å². The highest BCUT2D eigenvalue weighted by molar-refractivity contribution is 7.19. The number of nitrogens with one attached hydrogen (secondary N) is 1. The molecule has 1 aliphatic heterocycles. The second kappa shape index (κ2) is 7.10. The fraction of sp³-hybridized carbons (Fsp3) is 0.529. The van der Waals surface area contributed by atoms with E-state index in [9.17, 15) is 0 Å². The van der Waals surface area contributed by atoms with E-state index in [1.54, 1.807) is 0 Å². The molecule has 2 heterocycles. The molecule has 0 spiro atoms. The van der Waals surface area contributed by atoms with Gasteiger partial charge in [-0.15, -0.1) is 11.3 Å². The maximum atomic E-state index is 6.61. The molecule has 1 N–H and O–H groups in total. The zero-order valence-electron chi connectivity index (χ0n) is 12.6. The summed E-state index contributed by atoms with van der Waals surface area (Å²) in [5, 5.41) is 5.69. The van der Waals surface area contributed by atoms with Gasteiger partial charge in [-0.05, 0) is 38.4 Å². The molecule has 2 aromatic rings. The number of hydrogen-bond acceptors (Lipinski definition) is 3. The Balaban J connectivity index is 1.81. The molecule has 1 aliphatic rings. The van der Waals surface area contributed by atoms with Gasteiger partial charge in [0.1, 0.15) is 0 Å². The zero-order chi connectivity index (χ0) is 14.7. The molecule has 1 fully saturated rings. The lowest BCUT2D eigenvalue weighted by molar-refractivity contribution is 0.159. The minimum absolute atomic E-state index is 0.653. The third-order valence-corrected chi connectivity index (χ3v) is 5.95. The summed E-state index contributed by atoms with van der Waals surface area (Å²) in [5.74, 6) is 0. The molecular weight excluding hydrogens is 300 g/mol. The molecule has 0 saturated carbocycles. The normalized spacial score (nSPS) is 19.5. The molecule has 1 aromatic heterocycles. The SMILES string of the molecule is CCCN(Cc1sc2ccccc2c1Cl)C1CCCNC1. The molecule has 1 saturated heterocycles. The first-order chi connectivity index (χ1) is 10.3. The van der Waals surface area contributed by atoms with Crippen LogP contribution in [0.5, 0.6) is 0 Å². The third-order valence-electron chi connectivity index (χ3n) is 4.25. The van der Waals surface area contributed by atoms with Crippen molar-refractivity contribution >= 4 is 33.0 Å². The summed E-state index contributed by atoms with van der Waals surface area (Å²) in [6.45, 7) is 6.67. The Labute approximate surface area is 136 Å². The first kappa shape index (κ1) is 15.3. The highest BCUT2D eigenvalue weighted by Gasteiger charge is 2.22. The van der Waals surface area contributed by atoms with E-state index in [0.717, 1.165) is 24.7 Å². The number of hydrogen-bond donors (Lipinski definition) is 1. The Morgan fingerprint density at radius 1 is 1.38 bits per heavy atom. The Morgan fingerprint density at radius 2 is 2.24 bits per heavy atom. The van der Waals surface area contributed by atoms with Crippen molar-refractivity contribution in [2.24, 2.45) is 0 Å². The van der Waals surface area contributed by atoms with Crippen molar-refractivity contribution in [3.8, 4) is 0 Å². The first-order valence-electron chi connectivity index (χ1n) is 7.90. The van der Waals surface area contributed by atoms with Gasteiger partial charge in [0.2, 0.25) is 0 Å². The van der Waals surface area contributed by atoms with E-state index in [-0.39, 0.29) is 0 Å². The van der Waals surface area contributed by atoms with Crippen LogP contribution in [0.3, 0.4) is 0 Å². The standard InChI is InChI=1S/C17H23ClN2S/c1-2-10-20(13-6-5-9-19-11-13)12-16-17(18)14-7-3-4-8-15(14)21-16/h3-4,7-8,13,19H,2,5-6,9-12H2,1H3. The Bertz CT molecular complexity index is 589. The smallest absolute Gasteiger partial charge is 0.0637 e. The average Bonchev–Trinajstić information content (AvgIpc) is 2.84. The van der Waals surface area contributed by atoms with Gasteiger partial charge < -0.3 is 5.32 Å². The summed E-state index contributed by atoms with van der Waals surface area (Å²) >= 11 is 8.46. The van der Waals surface area contributed by atoms with E-state index in [2.05, 4.69) is 41.4 Å². The number of rotatable bonds is 5. The van der Waals surface area contributed by atoms with Crippen LogP contribution in [-0.2, 0) is 6.54 Å². The molecule has 3 rings (SSSR count). The molecule has 2 nitrogen and oxygen atoms in total. The van der Waals surface area contributed by atoms with Crippen molar-refractivity contribution in [2.75, 3.05) is 19.6 Å². The molecular formula is C17H23ClN2S. The molecule has 0 radical (unpaired) electrons. The monoisotopic (exact) mass is 322 g/mol. The van der Waals surface area contributed by atoms with Crippen molar-refractivity contribution in [2.45, 2.75) is 38.8 Å². The molecule has 1 unspecified atom stereocenters. The Kier molecular flexibility index (Phi) is 5.17. The quantitative estimate of drug-likeness (QED) is 0.870. The van der Waals surface area contributed by atoms with Crippen molar-refractivity contribution in [1.82, 2.24) is 10.2 Å². The topological polar surface area (TPSA) is 15.3 Å². The number of piperidine rings is 1. The summed E-state index contributed by atoms with van der Waals surface area (Å²) in [4.78, 5) is 3.93. The molecule has 1 atom stereocenters. The lowest BCUT2D eigenvalue weighted by Crippen LogP contribution is -2.45. The highest BCUT2D eigenvalue weighted by Crippen LogP contribution is 2.36. The average molecular weight is 323 g/mol. The van der Waals surface area contributed by atoms with Crippen LogP contribution in [0, 0.1) is 0 Å². The summed E-state index contributed by atoms with van der Waals surface area (Å²) in [6.07, 6.45) is 3.78. The summed E-state index contributed by atoms with van der Waals surface area (Å²) in [6, 6.07) is 9.11. The van der Waals surface area contributed by atoms with Crippen molar-refractivity contribution in [3.63, 3.8) is 0 Å². The summed E-state index contributed by atoms with van der Waals surface area (Å²) in [5.41, 5.74) is 0. The van der Waals surface area contributed by atoms with Crippen molar-refractivity contribution in [3.05, 3.63) is 34.2 Å². The van der Waals surface area contributed by atoms with E-state index < -0.39 is 0 Å². The fourth-order valence-corrected chi connectivity index (χ4v) is 4.69. The van der Waals surface area contributed by atoms with Gasteiger partial charge in [-0.25, -0.2) is 0 Å². The van der Waals surface area contributed by atoms with Crippen LogP contribution >= 0.6 is 22.9 Å². The molecule has 0 bridgehead atoms. The van der Waals surface area contributed by atoms with Crippen LogP contribution < -0.4 is 5.32 Å². The summed E-state index contributed by atoms with van der Waals surface area (Å²) in [7, 11) is 0. The van der Waals surface area contributed by atoms with Crippen molar-refractivity contribution in [1.29, 1.82) is 0 Å². The third kappa shape index (κ3) is 3.42. The Hall–Kier alpha value is -0.610. The van der Waals surface area contributed by atoms with Crippen LogP contribution in [0.4, 0.5) is 0 Å². The van der Waals surface area contributed by atoms with Gasteiger partial charge in [0.05, 0.1) is 5.02 Å². The molecule has 4 heteroatoms. The highest BCUT2D eigenvalue weighted by atomic mass is 35.5. The zero-order valence-corrected chi connectivity index (χ0v) is 14.1. The number of fused-ring (bicyclic) bond motifs is 1.